The number of carbonyl (C=O) groups is 2. The normalized spacial score (nSPS) is 15.6. The molecule has 0 saturated carbocycles. The first kappa shape index (κ1) is 11.5. The van der Waals surface area contributed by atoms with Crippen LogP contribution in [0.1, 0.15) is 5.82 Å². The van der Waals surface area contributed by atoms with Crippen LogP contribution in [0.3, 0.4) is 0 Å². The molecule has 9 nitrogen and oxygen atoms in total. The van der Waals surface area contributed by atoms with Crippen LogP contribution in [0.4, 0.5) is 0 Å². The molecule has 3 N–H and O–H groups in total. The van der Waals surface area contributed by atoms with E-state index in [2.05, 4.69) is 31.3 Å². The molecule has 0 aromatic carbocycles. The number of hydrogen-bond donors (Lipinski definition) is 3. The van der Waals surface area contributed by atoms with Gasteiger partial charge in [0.25, 0.3) is 0 Å². The summed E-state index contributed by atoms with van der Waals surface area (Å²) >= 11 is 0. The molecule has 2 amide bonds. The summed E-state index contributed by atoms with van der Waals surface area (Å²) in [5.41, 5.74) is 0. The van der Waals surface area contributed by atoms with Gasteiger partial charge in [0.05, 0.1) is 6.54 Å². The minimum atomic E-state index is -0.642. The number of aromatic nitrogens is 4. The maximum atomic E-state index is 11.7. The Balaban J connectivity index is 1.80. The van der Waals surface area contributed by atoms with Gasteiger partial charge in [0.2, 0.25) is 0 Å². The molecule has 1 aliphatic rings. The third-order valence-electron chi connectivity index (χ3n) is 2.39. The van der Waals surface area contributed by atoms with Crippen LogP contribution in [0.15, 0.2) is 0 Å². The van der Waals surface area contributed by atoms with Crippen molar-refractivity contribution in [2.75, 3.05) is 26.2 Å². The van der Waals surface area contributed by atoms with E-state index in [9.17, 15) is 9.59 Å². The maximum absolute atomic E-state index is 11.7. The minimum absolute atomic E-state index is 0.0904. The predicted octanol–water partition coefficient (Wildman–Crippen LogP) is -2.75. The van der Waals surface area contributed by atoms with E-state index in [1.807, 2.05) is 0 Å². The number of nitrogens with zero attached hydrogens (tertiary/aromatic N) is 4. The van der Waals surface area contributed by atoms with E-state index < -0.39 is 11.8 Å². The lowest BCUT2D eigenvalue weighted by atomic mass is 10.3. The Labute approximate surface area is 96.9 Å². The van der Waals surface area contributed by atoms with Gasteiger partial charge in [-0.1, -0.05) is 5.21 Å². The lowest BCUT2D eigenvalue weighted by molar-refractivity contribution is -0.146. The van der Waals surface area contributed by atoms with Gasteiger partial charge in [-0.15, -0.1) is 10.2 Å². The van der Waals surface area contributed by atoms with E-state index in [1.54, 1.807) is 0 Å². The number of H-pyrrole nitrogens is 1. The molecule has 1 aliphatic heterocycles. The summed E-state index contributed by atoms with van der Waals surface area (Å²) < 4.78 is 0. The summed E-state index contributed by atoms with van der Waals surface area (Å²) in [4.78, 5) is 24.7. The highest BCUT2D eigenvalue weighted by molar-refractivity contribution is 6.34. The molecule has 0 bridgehead atoms. The van der Waals surface area contributed by atoms with Gasteiger partial charge in [0.1, 0.15) is 0 Å². The smallest absolute Gasteiger partial charge is 0.311 e. The van der Waals surface area contributed by atoms with E-state index in [1.165, 1.54) is 4.90 Å². The van der Waals surface area contributed by atoms with Crippen LogP contribution in [-0.2, 0) is 16.1 Å². The first-order chi connectivity index (χ1) is 8.27. The highest BCUT2D eigenvalue weighted by Gasteiger charge is 2.22. The van der Waals surface area contributed by atoms with Crippen molar-refractivity contribution in [3.8, 4) is 0 Å². The van der Waals surface area contributed by atoms with Crippen molar-refractivity contribution in [3.63, 3.8) is 0 Å². The topological polar surface area (TPSA) is 116 Å². The Morgan fingerprint density at radius 1 is 1.35 bits per heavy atom. The van der Waals surface area contributed by atoms with Crippen LogP contribution < -0.4 is 10.6 Å². The minimum Gasteiger partial charge on any atom is -0.340 e. The van der Waals surface area contributed by atoms with Gasteiger partial charge in [-0.05, 0) is 0 Å². The first-order valence-corrected chi connectivity index (χ1v) is 5.27. The number of piperazine rings is 1. The van der Waals surface area contributed by atoms with Gasteiger partial charge < -0.3 is 15.5 Å². The van der Waals surface area contributed by atoms with Crippen molar-refractivity contribution in [1.82, 2.24) is 36.2 Å². The molecule has 1 saturated heterocycles. The van der Waals surface area contributed by atoms with E-state index >= 15 is 0 Å². The molecule has 2 rings (SSSR count). The summed E-state index contributed by atoms with van der Waals surface area (Å²) in [6.45, 7) is 2.61. The lowest BCUT2D eigenvalue weighted by Crippen LogP contribution is -2.51. The summed E-state index contributed by atoms with van der Waals surface area (Å²) in [5, 5.41) is 18.5. The molecule has 0 radical (unpaired) electrons. The number of aromatic amines is 1. The second-order valence-corrected chi connectivity index (χ2v) is 3.55. The summed E-state index contributed by atoms with van der Waals surface area (Å²) in [6, 6.07) is 0. The average molecular weight is 239 g/mol. The van der Waals surface area contributed by atoms with Gasteiger partial charge in [-0.2, -0.15) is 5.21 Å². The third-order valence-corrected chi connectivity index (χ3v) is 2.39. The van der Waals surface area contributed by atoms with Crippen molar-refractivity contribution in [1.29, 1.82) is 0 Å². The molecular weight excluding hydrogens is 226 g/mol. The van der Waals surface area contributed by atoms with Crippen LogP contribution in [0.2, 0.25) is 0 Å². The van der Waals surface area contributed by atoms with Crippen molar-refractivity contribution in [3.05, 3.63) is 5.82 Å². The molecule has 1 aromatic heterocycles. The van der Waals surface area contributed by atoms with Crippen molar-refractivity contribution in [2.45, 2.75) is 6.54 Å². The number of hydrogen-bond acceptors (Lipinski definition) is 6. The largest absolute Gasteiger partial charge is 0.340 e. The van der Waals surface area contributed by atoms with E-state index in [0.29, 0.717) is 32.0 Å². The van der Waals surface area contributed by atoms with E-state index in [0.717, 1.165) is 0 Å². The average Bonchev–Trinajstić information content (AvgIpc) is 2.89. The molecule has 0 aliphatic carbocycles. The quantitative estimate of drug-likeness (QED) is 0.482. The van der Waals surface area contributed by atoms with Crippen LogP contribution in [0, 0.1) is 0 Å². The van der Waals surface area contributed by atoms with Crippen molar-refractivity contribution < 1.29 is 9.59 Å². The monoisotopic (exact) mass is 239 g/mol. The highest BCUT2D eigenvalue weighted by atomic mass is 16.2. The van der Waals surface area contributed by atoms with Crippen LogP contribution in [0.25, 0.3) is 0 Å². The third kappa shape index (κ3) is 2.97. The van der Waals surface area contributed by atoms with Crippen LogP contribution in [-0.4, -0.2) is 63.5 Å². The molecule has 2 heterocycles. The first-order valence-electron chi connectivity index (χ1n) is 5.27. The number of carbonyl (C=O) groups excluding carboxylic acids is 2. The molecule has 1 fully saturated rings. The summed E-state index contributed by atoms with van der Waals surface area (Å²) in [7, 11) is 0. The molecule has 1 aromatic rings. The Morgan fingerprint density at radius 3 is 2.76 bits per heavy atom. The second-order valence-electron chi connectivity index (χ2n) is 3.55. The number of nitrogens with one attached hydrogen (secondary N) is 3. The standard InChI is InChI=1S/C8H13N7O2/c16-7(10-5-6-11-13-14-12-6)8(17)15-3-1-9-2-4-15/h9H,1-5H2,(H,10,16)(H,11,12,13,14). The van der Waals surface area contributed by atoms with Crippen LogP contribution in [0.5, 0.6) is 0 Å². The summed E-state index contributed by atoms with van der Waals surface area (Å²) in [6.07, 6.45) is 0. The van der Waals surface area contributed by atoms with Crippen molar-refractivity contribution >= 4 is 11.8 Å². The zero-order valence-electron chi connectivity index (χ0n) is 9.14. The molecular formula is C8H13N7O2. The fourth-order valence-corrected chi connectivity index (χ4v) is 1.50. The fourth-order valence-electron chi connectivity index (χ4n) is 1.50. The molecule has 0 atom stereocenters. The SMILES string of the molecule is O=C(NCc1nn[nH]n1)C(=O)N1CCNCC1. The predicted molar refractivity (Wildman–Crippen MR) is 55.5 cm³/mol. The Bertz CT molecular complexity index is 385. The second kappa shape index (κ2) is 5.34. The van der Waals surface area contributed by atoms with E-state index in [4.69, 9.17) is 0 Å². The summed E-state index contributed by atoms with van der Waals surface area (Å²) in [5.74, 6) is -0.821. The maximum Gasteiger partial charge on any atom is 0.311 e. The Kier molecular flexibility index (Phi) is 3.60. The highest BCUT2D eigenvalue weighted by Crippen LogP contribution is 1.93. The molecule has 0 unspecified atom stereocenters. The van der Waals surface area contributed by atoms with Crippen LogP contribution >= 0.6 is 0 Å². The number of rotatable bonds is 2. The van der Waals surface area contributed by atoms with Gasteiger partial charge in [0, 0.05) is 26.2 Å². The fraction of sp³-hybridized carbons (Fsp3) is 0.625. The zero-order chi connectivity index (χ0) is 12.1. The van der Waals surface area contributed by atoms with Gasteiger partial charge in [0.15, 0.2) is 5.82 Å². The zero-order valence-corrected chi connectivity index (χ0v) is 9.14. The number of amides is 2. The Hall–Kier alpha value is -2.03. The van der Waals surface area contributed by atoms with Gasteiger partial charge in [-0.3, -0.25) is 9.59 Å². The van der Waals surface area contributed by atoms with Crippen molar-refractivity contribution in [2.24, 2.45) is 0 Å². The molecule has 0 spiro atoms. The lowest BCUT2D eigenvalue weighted by Gasteiger charge is -2.26. The molecule has 17 heavy (non-hydrogen) atoms. The van der Waals surface area contributed by atoms with E-state index in [-0.39, 0.29) is 6.54 Å². The van der Waals surface area contributed by atoms with Gasteiger partial charge in [-0.25, -0.2) is 0 Å². The van der Waals surface area contributed by atoms with Gasteiger partial charge >= 0.3 is 11.8 Å². The molecule has 9 heteroatoms. The molecule has 92 valence electrons. The number of tetrazole rings is 1. The Morgan fingerprint density at radius 2 is 2.12 bits per heavy atom.